The number of carbonyl (C=O) groups is 1. The third kappa shape index (κ3) is 6.61. The van der Waals surface area contributed by atoms with Crippen LogP contribution in [0.3, 0.4) is 0 Å². The summed E-state index contributed by atoms with van der Waals surface area (Å²) in [5.41, 5.74) is 1.69. The van der Waals surface area contributed by atoms with Gasteiger partial charge in [-0.25, -0.2) is 8.78 Å². The van der Waals surface area contributed by atoms with Gasteiger partial charge in [0, 0.05) is 19.5 Å². The second-order valence-corrected chi connectivity index (χ2v) is 7.57. The molecule has 0 aromatic heterocycles. The monoisotopic (exact) mass is 417 g/mol. The van der Waals surface area contributed by atoms with Crippen molar-refractivity contribution in [1.29, 1.82) is 0 Å². The first-order valence-corrected chi connectivity index (χ1v) is 10.6. The summed E-state index contributed by atoms with van der Waals surface area (Å²) in [6, 6.07) is 12.5. The smallest absolute Gasteiger partial charge is 0.305 e. The summed E-state index contributed by atoms with van der Waals surface area (Å²) < 4.78 is 38.1. The van der Waals surface area contributed by atoms with E-state index in [1.807, 2.05) is 6.92 Å². The molecule has 0 bridgehead atoms. The van der Waals surface area contributed by atoms with Gasteiger partial charge in [-0.1, -0.05) is 24.3 Å². The summed E-state index contributed by atoms with van der Waals surface area (Å²) >= 11 is 0. The summed E-state index contributed by atoms with van der Waals surface area (Å²) in [4.78, 5) is 13.8. The molecule has 1 fully saturated rings. The Morgan fingerprint density at radius 1 is 1.00 bits per heavy atom. The molecule has 1 heterocycles. The molecule has 1 aliphatic rings. The van der Waals surface area contributed by atoms with Crippen LogP contribution in [0, 0.1) is 11.6 Å². The summed E-state index contributed by atoms with van der Waals surface area (Å²) in [7, 11) is 0. The number of esters is 1. The predicted molar refractivity (Wildman–Crippen MR) is 111 cm³/mol. The maximum Gasteiger partial charge on any atom is 0.305 e. The molecule has 0 amide bonds. The highest BCUT2D eigenvalue weighted by Crippen LogP contribution is 2.30. The largest absolute Gasteiger partial charge is 0.466 e. The van der Waals surface area contributed by atoms with Crippen molar-refractivity contribution in [3.8, 4) is 0 Å². The van der Waals surface area contributed by atoms with Crippen LogP contribution < -0.4 is 0 Å². The van der Waals surface area contributed by atoms with Crippen LogP contribution in [-0.4, -0.2) is 43.2 Å². The molecule has 162 valence electrons. The van der Waals surface area contributed by atoms with Crippen LogP contribution in [0.2, 0.25) is 0 Å². The Balaban J connectivity index is 1.56. The average molecular weight is 417 g/mol. The van der Waals surface area contributed by atoms with Crippen LogP contribution in [0.15, 0.2) is 48.5 Å². The van der Waals surface area contributed by atoms with Gasteiger partial charge in [0.2, 0.25) is 0 Å². The molecule has 2 aromatic carbocycles. The fraction of sp³-hybridized carbons (Fsp3) is 0.458. The third-order valence-electron chi connectivity index (χ3n) is 5.37. The number of halogens is 2. The van der Waals surface area contributed by atoms with Gasteiger partial charge in [-0.2, -0.15) is 0 Å². The minimum atomic E-state index is -0.369. The highest BCUT2D eigenvalue weighted by Gasteiger charge is 2.25. The Labute approximate surface area is 176 Å². The summed E-state index contributed by atoms with van der Waals surface area (Å²) in [5.74, 6) is -0.738. The molecule has 0 spiro atoms. The number of benzene rings is 2. The zero-order valence-electron chi connectivity index (χ0n) is 17.4. The Morgan fingerprint density at radius 3 is 2.03 bits per heavy atom. The lowest BCUT2D eigenvalue weighted by Crippen LogP contribution is -2.38. The van der Waals surface area contributed by atoms with E-state index in [1.54, 1.807) is 24.3 Å². The lowest BCUT2D eigenvalue weighted by molar-refractivity contribution is -0.143. The lowest BCUT2D eigenvalue weighted by atomic mass is 10.00. The quantitative estimate of drug-likeness (QED) is 0.545. The number of ether oxygens (including phenoxy) is 2. The van der Waals surface area contributed by atoms with Gasteiger partial charge in [0.25, 0.3) is 0 Å². The van der Waals surface area contributed by atoms with Gasteiger partial charge in [0.15, 0.2) is 0 Å². The number of hydrogen-bond acceptors (Lipinski definition) is 4. The summed E-state index contributed by atoms with van der Waals surface area (Å²) in [6.07, 6.45) is 2.67. The first-order valence-electron chi connectivity index (χ1n) is 10.6. The first-order chi connectivity index (χ1) is 14.5. The zero-order chi connectivity index (χ0) is 21.3. The minimum absolute atomic E-state index is 0.0615. The SMILES string of the molecule is CCOC(=O)CCCN1CCC(OC(c2ccc(F)cc2)c2ccc(F)cc2)CC1. The van der Waals surface area contributed by atoms with Crippen molar-refractivity contribution in [2.45, 2.75) is 44.8 Å². The number of hydrogen-bond donors (Lipinski definition) is 0. The van der Waals surface area contributed by atoms with Crippen molar-refractivity contribution in [3.05, 3.63) is 71.3 Å². The molecule has 0 radical (unpaired) electrons. The molecule has 0 aliphatic carbocycles. The van der Waals surface area contributed by atoms with Gasteiger partial charge in [-0.15, -0.1) is 0 Å². The van der Waals surface area contributed by atoms with Crippen molar-refractivity contribution in [2.24, 2.45) is 0 Å². The van der Waals surface area contributed by atoms with Gasteiger partial charge >= 0.3 is 5.97 Å². The van der Waals surface area contributed by atoms with Gasteiger partial charge in [-0.3, -0.25) is 4.79 Å². The molecule has 3 rings (SSSR count). The van der Waals surface area contributed by atoms with Gasteiger partial charge in [0.1, 0.15) is 17.7 Å². The molecule has 0 saturated carbocycles. The standard InChI is InChI=1S/C24H29F2NO3/c1-2-29-23(28)4-3-15-27-16-13-22(14-17-27)30-24(18-5-9-20(25)10-6-18)19-7-11-21(26)12-8-19/h5-12,22,24H,2-4,13-17H2,1H3. The number of piperidine rings is 1. The third-order valence-corrected chi connectivity index (χ3v) is 5.37. The van der Waals surface area contributed by atoms with Crippen molar-refractivity contribution in [3.63, 3.8) is 0 Å². The van der Waals surface area contributed by atoms with Crippen LogP contribution in [-0.2, 0) is 14.3 Å². The molecular weight excluding hydrogens is 388 g/mol. The van der Waals surface area contributed by atoms with Crippen molar-refractivity contribution < 1.29 is 23.0 Å². The number of rotatable bonds is 9. The molecular formula is C24H29F2NO3. The molecule has 2 aromatic rings. The van der Waals surface area contributed by atoms with E-state index in [-0.39, 0.29) is 29.8 Å². The Morgan fingerprint density at radius 2 is 1.53 bits per heavy atom. The van der Waals surface area contributed by atoms with E-state index >= 15 is 0 Å². The van der Waals surface area contributed by atoms with Gasteiger partial charge in [0.05, 0.1) is 12.7 Å². The van der Waals surface area contributed by atoms with Gasteiger partial charge < -0.3 is 14.4 Å². The van der Waals surface area contributed by atoms with Crippen molar-refractivity contribution in [2.75, 3.05) is 26.2 Å². The topological polar surface area (TPSA) is 38.8 Å². The van der Waals surface area contributed by atoms with Crippen LogP contribution in [0.25, 0.3) is 0 Å². The molecule has 1 aliphatic heterocycles. The molecule has 6 heteroatoms. The molecule has 0 atom stereocenters. The molecule has 0 N–H and O–H groups in total. The lowest BCUT2D eigenvalue weighted by Gasteiger charge is -2.34. The average Bonchev–Trinajstić information content (AvgIpc) is 2.75. The first kappa shape index (κ1) is 22.4. The maximum absolute atomic E-state index is 13.4. The second-order valence-electron chi connectivity index (χ2n) is 7.57. The van der Waals surface area contributed by atoms with E-state index in [2.05, 4.69) is 4.90 Å². The Kier molecular flexibility index (Phi) is 8.34. The highest BCUT2D eigenvalue weighted by molar-refractivity contribution is 5.69. The predicted octanol–water partition coefficient (Wildman–Crippen LogP) is 4.88. The van der Waals surface area contributed by atoms with E-state index in [9.17, 15) is 13.6 Å². The van der Waals surface area contributed by atoms with E-state index < -0.39 is 0 Å². The fourth-order valence-corrected chi connectivity index (χ4v) is 3.77. The molecule has 0 unspecified atom stereocenters. The molecule has 4 nitrogen and oxygen atoms in total. The number of nitrogens with zero attached hydrogens (tertiary/aromatic N) is 1. The summed E-state index contributed by atoms with van der Waals surface area (Å²) in [6.45, 7) is 4.89. The van der Waals surface area contributed by atoms with Crippen LogP contribution in [0.5, 0.6) is 0 Å². The Bertz CT molecular complexity index is 742. The number of carbonyl (C=O) groups excluding carboxylic acids is 1. The van der Waals surface area contributed by atoms with Gasteiger partial charge in [-0.05, 0) is 68.1 Å². The molecule has 1 saturated heterocycles. The normalized spacial score (nSPS) is 15.5. The van der Waals surface area contributed by atoms with Crippen LogP contribution >= 0.6 is 0 Å². The van der Waals surface area contributed by atoms with E-state index in [4.69, 9.17) is 9.47 Å². The highest BCUT2D eigenvalue weighted by atomic mass is 19.1. The molecule has 30 heavy (non-hydrogen) atoms. The van der Waals surface area contributed by atoms with E-state index in [0.717, 1.165) is 50.0 Å². The second kappa shape index (κ2) is 11.2. The fourth-order valence-electron chi connectivity index (χ4n) is 3.77. The van der Waals surface area contributed by atoms with Crippen LogP contribution in [0.4, 0.5) is 8.78 Å². The summed E-state index contributed by atoms with van der Waals surface area (Å²) in [5, 5.41) is 0. The minimum Gasteiger partial charge on any atom is -0.466 e. The van der Waals surface area contributed by atoms with Crippen molar-refractivity contribution >= 4 is 5.97 Å². The zero-order valence-corrected chi connectivity index (χ0v) is 17.4. The Hall–Kier alpha value is -2.31. The maximum atomic E-state index is 13.4. The number of likely N-dealkylation sites (tertiary alicyclic amines) is 1. The van der Waals surface area contributed by atoms with Crippen molar-refractivity contribution in [1.82, 2.24) is 4.90 Å². The van der Waals surface area contributed by atoms with E-state index in [0.29, 0.717) is 13.0 Å². The van der Waals surface area contributed by atoms with E-state index in [1.165, 1.54) is 24.3 Å². The van der Waals surface area contributed by atoms with Crippen LogP contribution in [0.1, 0.15) is 49.8 Å².